The standard InChI is InChI=1S/C49H55BN2OS/c1-46(2,3)32-18-23-36(24-19-32)51-39-27-22-34(48(7,8)9)28-38(39)50-42-40(51)29-35(49(10,11)12)30-41(42)52(37-25-20-33(21-26-37)47(4,5)6)44-43(50)54-45(53-44)31-16-14-13-15-17-31/h13-30,45H,1-12H3. The average Bonchev–Trinajstić information content (AvgIpc) is 3.55. The molecule has 5 aromatic carbocycles. The molecule has 3 aliphatic heterocycles. The molecule has 3 nitrogen and oxygen atoms in total. The lowest BCUT2D eigenvalue weighted by molar-refractivity contribution is 0.195. The molecule has 0 saturated carbocycles. The van der Waals surface area contributed by atoms with Gasteiger partial charge in [0.1, 0.15) is 0 Å². The van der Waals surface area contributed by atoms with Crippen LogP contribution in [-0.4, -0.2) is 6.71 Å². The molecule has 54 heavy (non-hydrogen) atoms. The first-order valence-corrected chi connectivity index (χ1v) is 20.5. The number of rotatable bonds is 3. The summed E-state index contributed by atoms with van der Waals surface area (Å²) in [5.74, 6) is 0.946. The molecular weight excluding hydrogens is 675 g/mol. The van der Waals surface area contributed by atoms with E-state index in [-0.39, 0.29) is 33.8 Å². The Labute approximate surface area is 328 Å². The van der Waals surface area contributed by atoms with Gasteiger partial charge in [-0.05, 0) is 97.3 Å². The maximum absolute atomic E-state index is 7.22. The number of ether oxygens (including phenoxy) is 1. The fraction of sp³-hybridized carbons (Fsp3) is 0.347. The molecular formula is C49H55BN2OS. The quantitative estimate of drug-likeness (QED) is 0.172. The fourth-order valence-electron chi connectivity index (χ4n) is 8.05. The normalized spacial score (nSPS) is 17.0. The number of fused-ring (bicyclic) bond motifs is 3. The van der Waals surface area contributed by atoms with Crippen molar-refractivity contribution in [3.63, 3.8) is 0 Å². The van der Waals surface area contributed by atoms with E-state index in [0.717, 1.165) is 11.6 Å². The minimum Gasteiger partial charge on any atom is -0.459 e. The van der Waals surface area contributed by atoms with Crippen LogP contribution in [-0.2, 0) is 26.4 Å². The Morgan fingerprint density at radius 3 is 1.50 bits per heavy atom. The van der Waals surface area contributed by atoms with Crippen molar-refractivity contribution in [2.45, 2.75) is 110 Å². The summed E-state index contributed by atoms with van der Waals surface area (Å²) in [6.45, 7) is 27.7. The second-order valence-electron chi connectivity index (χ2n) is 19.5. The van der Waals surface area contributed by atoms with Gasteiger partial charge in [0.2, 0.25) is 5.88 Å². The van der Waals surface area contributed by atoms with Crippen molar-refractivity contribution in [3.8, 4) is 0 Å². The lowest BCUT2D eigenvalue weighted by Gasteiger charge is -2.44. The Morgan fingerprint density at radius 1 is 0.500 bits per heavy atom. The van der Waals surface area contributed by atoms with Gasteiger partial charge in [-0.25, -0.2) is 0 Å². The Hall–Kier alpha value is -4.35. The van der Waals surface area contributed by atoms with Gasteiger partial charge in [0.05, 0.1) is 0 Å². The molecule has 8 rings (SSSR count). The Morgan fingerprint density at radius 2 is 0.981 bits per heavy atom. The largest absolute Gasteiger partial charge is 0.459 e. The van der Waals surface area contributed by atoms with Gasteiger partial charge in [-0.1, -0.05) is 162 Å². The van der Waals surface area contributed by atoms with Gasteiger partial charge >= 0.3 is 0 Å². The minimum absolute atomic E-state index is 0.00791. The van der Waals surface area contributed by atoms with E-state index in [1.165, 1.54) is 66.3 Å². The van der Waals surface area contributed by atoms with Gasteiger partial charge in [0.25, 0.3) is 6.71 Å². The minimum atomic E-state index is -0.149. The predicted molar refractivity (Wildman–Crippen MR) is 234 cm³/mol. The van der Waals surface area contributed by atoms with Gasteiger partial charge < -0.3 is 9.64 Å². The Balaban J connectivity index is 1.44. The summed E-state index contributed by atoms with van der Waals surface area (Å²) in [4.78, 5) is 6.25. The molecule has 0 N–H and O–H groups in total. The predicted octanol–water partition coefficient (Wildman–Crippen LogP) is 12.6. The van der Waals surface area contributed by atoms with Crippen LogP contribution in [0, 0.1) is 0 Å². The second-order valence-corrected chi connectivity index (χ2v) is 20.7. The highest BCUT2D eigenvalue weighted by Gasteiger charge is 2.50. The van der Waals surface area contributed by atoms with E-state index in [1.54, 1.807) is 0 Å². The van der Waals surface area contributed by atoms with Gasteiger partial charge in [-0.3, -0.25) is 4.90 Å². The van der Waals surface area contributed by atoms with Crippen LogP contribution in [0.2, 0.25) is 0 Å². The van der Waals surface area contributed by atoms with Crippen LogP contribution in [0.15, 0.2) is 120 Å². The third-order valence-electron chi connectivity index (χ3n) is 11.4. The van der Waals surface area contributed by atoms with Crippen molar-refractivity contribution in [1.29, 1.82) is 0 Å². The molecule has 3 heterocycles. The van der Waals surface area contributed by atoms with Crippen LogP contribution in [0.25, 0.3) is 0 Å². The van der Waals surface area contributed by atoms with E-state index < -0.39 is 0 Å². The molecule has 0 saturated heterocycles. The first kappa shape index (κ1) is 36.6. The summed E-state index contributed by atoms with van der Waals surface area (Å²) in [5.41, 5.74) is 15.0. The van der Waals surface area contributed by atoms with Crippen molar-refractivity contribution >= 4 is 57.8 Å². The molecule has 5 heteroatoms. The van der Waals surface area contributed by atoms with Crippen molar-refractivity contribution in [3.05, 3.63) is 148 Å². The molecule has 0 bridgehead atoms. The highest BCUT2D eigenvalue weighted by molar-refractivity contribution is 8.05. The first-order chi connectivity index (χ1) is 25.3. The molecule has 0 aromatic heterocycles. The van der Waals surface area contributed by atoms with E-state index in [0.29, 0.717) is 0 Å². The zero-order valence-corrected chi connectivity index (χ0v) is 35.1. The summed E-state index contributed by atoms with van der Waals surface area (Å²) in [6, 6.07) is 41.4. The second kappa shape index (κ2) is 12.6. The molecule has 0 amide bonds. The van der Waals surface area contributed by atoms with Crippen LogP contribution < -0.4 is 20.7 Å². The summed E-state index contributed by atoms with van der Waals surface area (Å²) in [5, 5.41) is 0. The number of anilines is 5. The van der Waals surface area contributed by atoms with Crippen LogP contribution >= 0.6 is 11.8 Å². The summed E-state index contributed by atoms with van der Waals surface area (Å²) in [6.07, 6.45) is 0. The van der Waals surface area contributed by atoms with Gasteiger partial charge in [-0.15, -0.1) is 0 Å². The Kier molecular flexibility index (Phi) is 8.54. The SMILES string of the molecule is CC(C)(C)c1ccc(N2C3=C(SC(c4ccccc4)O3)B3c4cc(C(C)(C)C)ccc4N(c4ccc(C(C)(C)C)cc4)c4cc(C(C)(C)C)cc2c43)cc1. The zero-order chi connectivity index (χ0) is 38.5. The van der Waals surface area contributed by atoms with Crippen LogP contribution in [0.5, 0.6) is 0 Å². The van der Waals surface area contributed by atoms with Crippen molar-refractivity contribution in [1.82, 2.24) is 0 Å². The smallest absolute Gasteiger partial charge is 0.264 e. The number of hydrogen-bond acceptors (Lipinski definition) is 4. The maximum Gasteiger partial charge on any atom is 0.264 e. The molecule has 1 atom stereocenters. The average molecular weight is 731 g/mol. The molecule has 276 valence electrons. The molecule has 1 unspecified atom stereocenters. The molecule has 0 radical (unpaired) electrons. The van der Waals surface area contributed by atoms with Crippen molar-refractivity contribution < 1.29 is 4.74 Å². The molecule has 0 aliphatic carbocycles. The molecule has 0 spiro atoms. The van der Waals surface area contributed by atoms with E-state index in [1.807, 2.05) is 11.8 Å². The number of thioether (sulfide) groups is 1. The fourth-order valence-corrected chi connectivity index (χ4v) is 9.33. The van der Waals surface area contributed by atoms with Crippen molar-refractivity contribution in [2.24, 2.45) is 0 Å². The topological polar surface area (TPSA) is 15.7 Å². The summed E-state index contributed by atoms with van der Waals surface area (Å²) < 4.78 is 7.22. The number of nitrogens with zero attached hydrogens (tertiary/aromatic N) is 2. The molecule has 5 aromatic rings. The van der Waals surface area contributed by atoms with E-state index in [9.17, 15) is 0 Å². The monoisotopic (exact) mass is 730 g/mol. The molecule has 0 fully saturated rings. The van der Waals surface area contributed by atoms with Crippen molar-refractivity contribution in [2.75, 3.05) is 9.80 Å². The third kappa shape index (κ3) is 6.27. The zero-order valence-electron chi connectivity index (χ0n) is 34.3. The summed E-state index contributed by atoms with van der Waals surface area (Å²) in [7, 11) is 0. The number of hydrogen-bond donors (Lipinski definition) is 0. The Bertz CT molecular complexity index is 2260. The lowest BCUT2D eigenvalue weighted by Crippen LogP contribution is -2.55. The number of benzene rings is 5. The highest BCUT2D eigenvalue weighted by Crippen LogP contribution is 2.55. The van der Waals surface area contributed by atoms with Crippen LogP contribution in [0.3, 0.4) is 0 Å². The van der Waals surface area contributed by atoms with Gasteiger partial charge in [-0.2, -0.15) is 0 Å². The van der Waals surface area contributed by atoms with E-state index in [4.69, 9.17) is 4.74 Å². The maximum atomic E-state index is 7.22. The highest BCUT2D eigenvalue weighted by atomic mass is 32.2. The summed E-state index contributed by atoms with van der Waals surface area (Å²) >= 11 is 1.88. The van der Waals surface area contributed by atoms with Crippen LogP contribution in [0.4, 0.5) is 28.4 Å². The van der Waals surface area contributed by atoms with Gasteiger partial charge in [0, 0.05) is 38.8 Å². The van der Waals surface area contributed by atoms with E-state index >= 15 is 0 Å². The third-order valence-corrected chi connectivity index (χ3v) is 12.6. The van der Waals surface area contributed by atoms with E-state index in [2.05, 4.69) is 202 Å². The van der Waals surface area contributed by atoms with Crippen LogP contribution in [0.1, 0.15) is 116 Å². The lowest BCUT2D eigenvalue weighted by atomic mass is 9.36. The molecule has 3 aliphatic rings. The first-order valence-electron chi connectivity index (χ1n) is 19.6. The van der Waals surface area contributed by atoms with Gasteiger partial charge in [0.15, 0.2) is 5.44 Å².